The number of nitrogens with zero attached hydrogens (tertiary/aromatic N) is 2. The van der Waals surface area contributed by atoms with Crippen molar-refractivity contribution in [3.63, 3.8) is 0 Å². The Bertz CT molecular complexity index is 719. The van der Waals surface area contributed by atoms with E-state index in [0.717, 1.165) is 5.56 Å². The summed E-state index contributed by atoms with van der Waals surface area (Å²) in [5, 5.41) is 20.2. The predicted octanol–water partition coefficient (Wildman–Crippen LogP) is 1.85. The van der Waals surface area contributed by atoms with Crippen LogP contribution in [0.4, 0.5) is 11.4 Å². The lowest BCUT2D eigenvalue weighted by molar-refractivity contribution is -0.383. The van der Waals surface area contributed by atoms with Crippen molar-refractivity contribution < 1.29 is 14.8 Å². The summed E-state index contributed by atoms with van der Waals surface area (Å²) in [6, 6.07) is 13.8. The van der Waals surface area contributed by atoms with E-state index < -0.39 is 10.8 Å². The van der Waals surface area contributed by atoms with E-state index in [2.05, 4.69) is 0 Å². The van der Waals surface area contributed by atoms with Gasteiger partial charge in [0.2, 0.25) is 0 Å². The molecule has 126 valence electrons. The topological polar surface area (TPSA) is 110 Å². The lowest BCUT2D eigenvalue weighted by Crippen LogP contribution is -2.35. The Morgan fingerprint density at radius 3 is 2.46 bits per heavy atom. The number of nitrogen functional groups attached to an aromatic ring is 1. The lowest BCUT2D eigenvalue weighted by Gasteiger charge is -2.22. The number of para-hydroxylation sites is 1. The van der Waals surface area contributed by atoms with Gasteiger partial charge in [-0.3, -0.25) is 14.9 Å². The number of carbonyl (C=O) groups excluding carboxylic acids is 1. The van der Waals surface area contributed by atoms with Gasteiger partial charge in [-0.15, -0.1) is 0 Å². The van der Waals surface area contributed by atoms with Crippen LogP contribution in [-0.4, -0.2) is 40.5 Å². The van der Waals surface area contributed by atoms with Gasteiger partial charge in [0.25, 0.3) is 11.6 Å². The largest absolute Gasteiger partial charge is 0.395 e. The Balaban J connectivity index is 2.20. The Hall–Kier alpha value is -2.93. The first-order valence-corrected chi connectivity index (χ1v) is 7.51. The Kier molecular flexibility index (Phi) is 5.86. The van der Waals surface area contributed by atoms with E-state index in [1.165, 1.54) is 23.1 Å². The van der Waals surface area contributed by atoms with E-state index in [1.807, 2.05) is 30.3 Å². The monoisotopic (exact) mass is 329 g/mol. The van der Waals surface area contributed by atoms with Crippen LogP contribution in [0, 0.1) is 10.1 Å². The van der Waals surface area contributed by atoms with E-state index in [4.69, 9.17) is 5.73 Å². The summed E-state index contributed by atoms with van der Waals surface area (Å²) in [6.45, 7) is 0.314. The van der Waals surface area contributed by atoms with Crippen LogP contribution in [0.15, 0.2) is 48.5 Å². The zero-order chi connectivity index (χ0) is 17.5. The second-order valence-corrected chi connectivity index (χ2v) is 5.25. The van der Waals surface area contributed by atoms with Crippen molar-refractivity contribution in [1.29, 1.82) is 0 Å². The summed E-state index contributed by atoms with van der Waals surface area (Å²) < 4.78 is 0. The van der Waals surface area contributed by atoms with Crippen LogP contribution in [0.2, 0.25) is 0 Å². The summed E-state index contributed by atoms with van der Waals surface area (Å²) in [7, 11) is 0. The maximum atomic E-state index is 12.7. The van der Waals surface area contributed by atoms with Gasteiger partial charge in [-0.2, -0.15) is 0 Å². The molecule has 0 aliphatic heterocycles. The predicted molar refractivity (Wildman–Crippen MR) is 90.6 cm³/mol. The Labute approximate surface area is 139 Å². The molecule has 3 N–H and O–H groups in total. The molecule has 7 heteroatoms. The van der Waals surface area contributed by atoms with Crippen LogP contribution in [-0.2, 0) is 6.42 Å². The molecule has 0 heterocycles. The number of aliphatic hydroxyl groups is 1. The minimum atomic E-state index is -0.619. The third-order valence-electron chi connectivity index (χ3n) is 3.68. The van der Waals surface area contributed by atoms with Crippen LogP contribution in [0.5, 0.6) is 0 Å². The van der Waals surface area contributed by atoms with Crippen LogP contribution >= 0.6 is 0 Å². The highest BCUT2D eigenvalue weighted by Gasteiger charge is 2.22. The van der Waals surface area contributed by atoms with E-state index in [0.29, 0.717) is 13.0 Å². The van der Waals surface area contributed by atoms with Gasteiger partial charge in [-0.1, -0.05) is 36.4 Å². The van der Waals surface area contributed by atoms with Crippen molar-refractivity contribution in [2.75, 3.05) is 25.4 Å². The SMILES string of the molecule is Nc1c(C(=O)N(CCO)CCc2ccccc2)cccc1[N+](=O)[O-]. The minimum absolute atomic E-state index is 0.0747. The lowest BCUT2D eigenvalue weighted by atomic mass is 10.1. The normalized spacial score (nSPS) is 10.4. The molecule has 0 aromatic heterocycles. The first kappa shape index (κ1) is 17.4. The molecule has 7 nitrogen and oxygen atoms in total. The van der Waals surface area contributed by atoms with Crippen molar-refractivity contribution in [3.05, 3.63) is 69.8 Å². The van der Waals surface area contributed by atoms with Gasteiger partial charge < -0.3 is 15.7 Å². The van der Waals surface area contributed by atoms with E-state index >= 15 is 0 Å². The average Bonchev–Trinajstić information content (AvgIpc) is 2.59. The third kappa shape index (κ3) is 4.08. The fourth-order valence-corrected chi connectivity index (χ4v) is 2.41. The van der Waals surface area contributed by atoms with Gasteiger partial charge in [0.15, 0.2) is 0 Å². The van der Waals surface area contributed by atoms with Crippen LogP contribution in [0.3, 0.4) is 0 Å². The maximum absolute atomic E-state index is 12.7. The zero-order valence-corrected chi connectivity index (χ0v) is 13.1. The van der Waals surface area contributed by atoms with E-state index in [9.17, 15) is 20.0 Å². The molecule has 0 fully saturated rings. The fourth-order valence-electron chi connectivity index (χ4n) is 2.41. The second-order valence-electron chi connectivity index (χ2n) is 5.25. The fraction of sp³-hybridized carbons (Fsp3) is 0.235. The number of benzene rings is 2. The Morgan fingerprint density at radius 2 is 1.83 bits per heavy atom. The smallest absolute Gasteiger partial charge is 0.292 e. The number of carbonyl (C=O) groups is 1. The maximum Gasteiger partial charge on any atom is 0.292 e. The van der Waals surface area contributed by atoms with Crippen LogP contribution in [0.25, 0.3) is 0 Å². The molecule has 0 spiro atoms. The van der Waals surface area contributed by atoms with Gasteiger partial charge in [-0.25, -0.2) is 0 Å². The van der Waals surface area contributed by atoms with Gasteiger partial charge in [0.05, 0.1) is 17.1 Å². The molecule has 0 aliphatic carbocycles. The number of nitro benzene ring substituents is 1. The molecule has 0 radical (unpaired) electrons. The number of hydrogen-bond acceptors (Lipinski definition) is 5. The van der Waals surface area contributed by atoms with Crippen molar-refractivity contribution in [2.45, 2.75) is 6.42 Å². The van der Waals surface area contributed by atoms with Crippen LogP contribution < -0.4 is 5.73 Å². The van der Waals surface area contributed by atoms with Gasteiger partial charge in [0.1, 0.15) is 5.69 Å². The minimum Gasteiger partial charge on any atom is -0.395 e. The second kappa shape index (κ2) is 8.07. The molecule has 0 aliphatic rings. The van der Waals surface area contributed by atoms with Crippen molar-refractivity contribution in [1.82, 2.24) is 4.90 Å². The highest BCUT2D eigenvalue weighted by atomic mass is 16.6. The molecular weight excluding hydrogens is 310 g/mol. The molecule has 2 aromatic carbocycles. The number of hydrogen-bond donors (Lipinski definition) is 2. The van der Waals surface area contributed by atoms with Gasteiger partial charge >= 0.3 is 0 Å². The van der Waals surface area contributed by atoms with Crippen molar-refractivity contribution in [2.24, 2.45) is 0 Å². The first-order chi connectivity index (χ1) is 11.5. The molecule has 0 saturated heterocycles. The zero-order valence-electron chi connectivity index (χ0n) is 13.1. The summed E-state index contributed by atoms with van der Waals surface area (Å²) >= 11 is 0. The highest BCUT2D eigenvalue weighted by molar-refractivity contribution is 6.01. The summed E-state index contributed by atoms with van der Waals surface area (Å²) in [5.41, 5.74) is 6.45. The molecule has 24 heavy (non-hydrogen) atoms. The summed E-state index contributed by atoms with van der Waals surface area (Å²) in [6.07, 6.45) is 0.613. The molecule has 2 aromatic rings. The number of nitro groups is 1. The number of amides is 1. The Morgan fingerprint density at radius 1 is 1.12 bits per heavy atom. The molecule has 0 bridgehead atoms. The molecule has 0 atom stereocenters. The molecular formula is C17H19N3O4. The highest BCUT2D eigenvalue weighted by Crippen LogP contribution is 2.25. The molecule has 0 saturated carbocycles. The molecule has 2 rings (SSSR count). The van der Waals surface area contributed by atoms with Gasteiger partial charge in [0, 0.05) is 19.2 Å². The third-order valence-corrected chi connectivity index (χ3v) is 3.68. The number of aliphatic hydroxyl groups excluding tert-OH is 1. The first-order valence-electron chi connectivity index (χ1n) is 7.51. The molecule has 0 unspecified atom stereocenters. The van der Waals surface area contributed by atoms with Crippen molar-refractivity contribution in [3.8, 4) is 0 Å². The van der Waals surface area contributed by atoms with Crippen molar-refractivity contribution >= 4 is 17.3 Å². The number of nitrogens with two attached hydrogens (primary N) is 1. The van der Waals surface area contributed by atoms with E-state index in [1.54, 1.807) is 0 Å². The van der Waals surface area contributed by atoms with E-state index in [-0.39, 0.29) is 30.1 Å². The summed E-state index contributed by atoms with van der Waals surface area (Å²) in [5.74, 6) is -0.429. The standard InChI is InChI=1S/C17H19N3O4/c18-16-14(7-4-8-15(16)20(23)24)17(22)19(11-12-21)10-9-13-5-2-1-3-6-13/h1-8,21H,9-12,18H2. The average molecular weight is 329 g/mol. The van der Waals surface area contributed by atoms with Crippen LogP contribution in [0.1, 0.15) is 15.9 Å². The molecule has 1 amide bonds. The quantitative estimate of drug-likeness (QED) is 0.458. The van der Waals surface area contributed by atoms with Gasteiger partial charge in [-0.05, 0) is 18.1 Å². The number of rotatable bonds is 7. The summed E-state index contributed by atoms with van der Waals surface area (Å²) in [4.78, 5) is 24.5. The number of anilines is 1.